The Morgan fingerprint density at radius 2 is 1.85 bits per heavy atom. The smallest absolute Gasteiger partial charge is 0.258 e. The van der Waals surface area contributed by atoms with E-state index in [-0.39, 0.29) is 5.69 Å². The van der Waals surface area contributed by atoms with Gasteiger partial charge in [-0.15, -0.1) is 0 Å². The van der Waals surface area contributed by atoms with Crippen molar-refractivity contribution in [1.29, 1.82) is 0 Å². The standard InChI is InChI=1S/C19H12BrClN2O2S/c20-14-2-1-3-16(11-14)22-12-13-10-17(23(24)25)6-9-19(13)26-18-7-4-15(21)5-8-18/h1-12H. The lowest BCUT2D eigenvalue weighted by Crippen LogP contribution is -1.92. The molecular weight excluding hydrogens is 436 g/mol. The Balaban J connectivity index is 1.95. The zero-order chi connectivity index (χ0) is 18.5. The van der Waals surface area contributed by atoms with E-state index in [1.165, 1.54) is 23.9 Å². The largest absolute Gasteiger partial charge is 0.270 e. The minimum atomic E-state index is -0.410. The highest BCUT2D eigenvalue weighted by Crippen LogP contribution is 2.33. The van der Waals surface area contributed by atoms with E-state index in [0.717, 1.165) is 20.0 Å². The lowest BCUT2D eigenvalue weighted by molar-refractivity contribution is -0.384. The molecule has 0 aliphatic carbocycles. The second kappa shape index (κ2) is 8.49. The molecule has 3 aromatic rings. The number of halogens is 2. The van der Waals surface area contributed by atoms with E-state index in [9.17, 15) is 10.1 Å². The van der Waals surface area contributed by atoms with Gasteiger partial charge in [-0.05, 0) is 48.5 Å². The molecule has 0 saturated heterocycles. The molecule has 7 heteroatoms. The average Bonchev–Trinajstić information content (AvgIpc) is 2.62. The highest BCUT2D eigenvalue weighted by atomic mass is 79.9. The lowest BCUT2D eigenvalue weighted by atomic mass is 10.2. The van der Waals surface area contributed by atoms with E-state index in [1.54, 1.807) is 12.3 Å². The van der Waals surface area contributed by atoms with Crippen LogP contribution >= 0.6 is 39.3 Å². The molecule has 0 amide bonds. The van der Waals surface area contributed by atoms with Crippen molar-refractivity contribution in [2.75, 3.05) is 0 Å². The quantitative estimate of drug-likeness (QED) is 0.242. The number of nitro benzene ring substituents is 1. The van der Waals surface area contributed by atoms with Crippen molar-refractivity contribution in [2.24, 2.45) is 4.99 Å². The number of aliphatic imine (C=N–C) groups is 1. The fourth-order valence-corrected chi connectivity index (χ4v) is 3.58. The summed E-state index contributed by atoms with van der Waals surface area (Å²) in [6, 6.07) is 19.7. The molecule has 0 aliphatic rings. The van der Waals surface area contributed by atoms with Gasteiger partial charge < -0.3 is 0 Å². The molecule has 0 aromatic heterocycles. The zero-order valence-electron chi connectivity index (χ0n) is 13.3. The molecular formula is C19H12BrClN2O2S. The SMILES string of the molecule is O=[N+]([O-])c1ccc(Sc2ccc(Cl)cc2)c(C=Nc2cccc(Br)c2)c1. The van der Waals surface area contributed by atoms with E-state index >= 15 is 0 Å². The number of nitro groups is 1. The molecule has 0 fully saturated rings. The van der Waals surface area contributed by atoms with Crippen LogP contribution in [0.5, 0.6) is 0 Å². The molecule has 0 atom stereocenters. The van der Waals surface area contributed by atoms with E-state index in [2.05, 4.69) is 20.9 Å². The molecule has 3 aromatic carbocycles. The van der Waals surface area contributed by atoms with Crippen LogP contribution in [0, 0.1) is 10.1 Å². The second-order valence-corrected chi connectivity index (χ2v) is 7.74. The Morgan fingerprint density at radius 3 is 2.54 bits per heavy atom. The normalized spacial score (nSPS) is 11.0. The lowest BCUT2D eigenvalue weighted by Gasteiger charge is -2.06. The van der Waals surface area contributed by atoms with Gasteiger partial charge in [0.05, 0.1) is 10.6 Å². The summed E-state index contributed by atoms with van der Waals surface area (Å²) in [6.45, 7) is 0. The molecule has 3 rings (SSSR count). The van der Waals surface area contributed by atoms with Crippen molar-refractivity contribution in [3.8, 4) is 0 Å². The Morgan fingerprint density at radius 1 is 1.08 bits per heavy atom. The Kier molecular flexibility index (Phi) is 6.08. The fourth-order valence-electron chi connectivity index (χ4n) is 2.17. The van der Waals surface area contributed by atoms with Crippen molar-refractivity contribution < 1.29 is 4.92 Å². The van der Waals surface area contributed by atoms with Crippen molar-refractivity contribution in [3.63, 3.8) is 0 Å². The van der Waals surface area contributed by atoms with E-state index in [4.69, 9.17) is 11.6 Å². The summed E-state index contributed by atoms with van der Waals surface area (Å²) in [5.74, 6) is 0. The monoisotopic (exact) mass is 446 g/mol. The average molecular weight is 448 g/mol. The predicted molar refractivity (Wildman–Crippen MR) is 110 cm³/mol. The van der Waals surface area contributed by atoms with Crippen LogP contribution < -0.4 is 0 Å². The molecule has 4 nitrogen and oxygen atoms in total. The second-order valence-electron chi connectivity index (χ2n) is 5.27. The minimum Gasteiger partial charge on any atom is -0.258 e. The number of hydrogen-bond donors (Lipinski definition) is 0. The minimum absolute atomic E-state index is 0.0288. The zero-order valence-corrected chi connectivity index (χ0v) is 16.5. The molecule has 0 radical (unpaired) electrons. The van der Waals surface area contributed by atoms with Crippen molar-refractivity contribution >= 4 is 56.9 Å². The highest BCUT2D eigenvalue weighted by Gasteiger charge is 2.11. The summed E-state index contributed by atoms with van der Waals surface area (Å²) in [4.78, 5) is 17.0. The summed E-state index contributed by atoms with van der Waals surface area (Å²) >= 11 is 10.8. The summed E-state index contributed by atoms with van der Waals surface area (Å²) in [7, 11) is 0. The molecule has 130 valence electrons. The third kappa shape index (κ3) is 4.94. The van der Waals surface area contributed by atoms with Gasteiger partial charge in [-0.3, -0.25) is 15.1 Å². The van der Waals surface area contributed by atoms with Gasteiger partial charge in [0.15, 0.2) is 0 Å². The van der Waals surface area contributed by atoms with Crippen LogP contribution in [-0.4, -0.2) is 11.1 Å². The van der Waals surface area contributed by atoms with Gasteiger partial charge in [-0.2, -0.15) is 0 Å². The maximum atomic E-state index is 11.1. The van der Waals surface area contributed by atoms with Crippen LogP contribution in [0.4, 0.5) is 11.4 Å². The Bertz CT molecular complexity index is 978. The first-order valence-electron chi connectivity index (χ1n) is 7.53. The van der Waals surface area contributed by atoms with Crippen LogP contribution in [0.3, 0.4) is 0 Å². The third-order valence-electron chi connectivity index (χ3n) is 3.41. The van der Waals surface area contributed by atoms with Gasteiger partial charge in [-0.1, -0.05) is 45.4 Å². The van der Waals surface area contributed by atoms with Crippen molar-refractivity contribution in [1.82, 2.24) is 0 Å². The van der Waals surface area contributed by atoms with Crippen molar-refractivity contribution in [2.45, 2.75) is 9.79 Å². The molecule has 0 unspecified atom stereocenters. The van der Waals surface area contributed by atoms with Crippen LogP contribution in [-0.2, 0) is 0 Å². The number of non-ortho nitro benzene ring substituents is 1. The number of benzene rings is 3. The van der Waals surface area contributed by atoms with Gasteiger partial charge >= 0.3 is 0 Å². The molecule has 0 bridgehead atoms. The maximum Gasteiger partial charge on any atom is 0.270 e. The van der Waals surface area contributed by atoms with E-state index in [1.807, 2.05) is 48.5 Å². The van der Waals surface area contributed by atoms with Gasteiger partial charge in [0.2, 0.25) is 0 Å². The Hall–Kier alpha value is -2.15. The summed E-state index contributed by atoms with van der Waals surface area (Å²) in [5.41, 5.74) is 1.47. The van der Waals surface area contributed by atoms with Crippen LogP contribution in [0.1, 0.15) is 5.56 Å². The van der Waals surface area contributed by atoms with Gasteiger partial charge in [0.1, 0.15) is 0 Å². The fraction of sp³-hybridized carbons (Fsp3) is 0. The topological polar surface area (TPSA) is 55.5 Å². The predicted octanol–water partition coefficient (Wildman–Crippen LogP) is 6.91. The number of rotatable bonds is 5. The van der Waals surface area contributed by atoms with Gasteiger partial charge in [0, 0.05) is 43.2 Å². The molecule has 0 heterocycles. The van der Waals surface area contributed by atoms with Gasteiger partial charge in [-0.25, -0.2) is 0 Å². The van der Waals surface area contributed by atoms with Crippen LogP contribution in [0.15, 0.2) is 86.0 Å². The third-order valence-corrected chi connectivity index (χ3v) is 5.25. The molecule has 0 spiro atoms. The Labute approximate surface area is 168 Å². The number of nitrogens with zero attached hydrogens (tertiary/aromatic N) is 2. The molecule has 26 heavy (non-hydrogen) atoms. The first-order valence-corrected chi connectivity index (χ1v) is 9.51. The van der Waals surface area contributed by atoms with Crippen LogP contribution in [0.25, 0.3) is 0 Å². The molecule has 0 N–H and O–H groups in total. The first kappa shape index (κ1) is 18.6. The molecule has 0 aliphatic heterocycles. The van der Waals surface area contributed by atoms with E-state index < -0.39 is 4.92 Å². The first-order chi connectivity index (χ1) is 12.5. The summed E-state index contributed by atoms with van der Waals surface area (Å²) in [6.07, 6.45) is 1.65. The number of hydrogen-bond acceptors (Lipinski definition) is 4. The molecule has 0 saturated carbocycles. The highest BCUT2D eigenvalue weighted by molar-refractivity contribution is 9.10. The maximum absolute atomic E-state index is 11.1. The van der Waals surface area contributed by atoms with Crippen molar-refractivity contribution in [3.05, 3.63) is 91.9 Å². The van der Waals surface area contributed by atoms with E-state index in [0.29, 0.717) is 10.6 Å². The van der Waals surface area contributed by atoms with Gasteiger partial charge in [0.25, 0.3) is 5.69 Å². The summed E-state index contributed by atoms with van der Waals surface area (Å²) < 4.78 is 0.918. The van der Waals surface area contributed by atoms with Crippen LogP contribution in [0.2, 0.25) is 5.02 Å². The summed E-state index contributed by atoms with van der Waals surface area (Å²) in [5, 5.41) is 11.8.